The van der Waals surface area contributed by atoms with Gasteiger partial charge in [-0.1, -0.05) is 47.4 Å². The van der Waals surface area contributed by atoms with Gasteiger partial charge in [-0.25, -0.2) is 0 Å². The molecule has 0 N–H and O–H groups in total. The monoisotopic (exact) mass is 301 g/mol. The van der Waals surface area contributed by atoms with E-state index in [1.807, 2.05) is 12.1 Å². The molecular weight excluding hydrogens is 286 g/mol. The van der Waals surface area contributed by atoms with Crippen molar-refractivity contribution in [3.63, 3.8) is 0 Å². The Hall–Kier alpha value is -0.210. The van der Waals surface area contributed by atoms with Gasteiger partial charge >= 0.3 is 0 Å². The number of rotatable bonds is 2. The van der Waals surface area contributed by atoms with Gasteiger partial charge in [-0.15, -0.1) is 0 Å². The third kappa shape index (κ3) is 2.38. The van der Waals surface area contributed by atoms with E-state index in [9.17, 15) is 0 Å². The summed E-state index contributed by atoms with van der Waals surface area (Å²) >= 11 is 9.75. The third-order valence-corrected chi connectivity index (χ3v) is 4.16. The largest absolute Gasteiger partial charge is 0.371 e. The zero-order chi connectivity index (χ0) is 11.8. The molecule has 0 aliphatic carbocycles. The summed E-state index contributed by atoms with van der Waals surface area (Å²) in [5.41, 5.74) is 2.92. The fraction of sp³-hybridized carbons (Fsp3) is 0.538. The maximum absolute atomic E-state index is 6.22. The van der Waals surface area contributed by atoms with E-state index in [0.29, 0.717) is 5.41 Å². The zero-order valence-corrected chi connectivity index (χ0v) is 12.1. The van der Waals surface area contributed by atoms with E-state index in [2.05, 4.69) is 40.7 Å². The second-order valence-corrected chi connectivity index (χ2v) is 6.17. The lowest BCUT2D eigenvalue weighted by atomic mass is 9.93. The molecule has 0 spiro atoms. The van der Waals surface area contributed by atoms with Crippen molar-refractivity contribution in [2.24, 2.45) is 5.41 Å². The van der Waals surface area contributed by atoms with Crippen molar-refractivity contribution in [3.8, 4) is 0 Å². The molecule has 0 bridgehead atoms. The molecule has 0 aromatic heterocycles. The van der Waals surface area contributed by atoms with Crippen LogP contribution in [0.1, 0.15) is 25.8 Å². The first-order chi connectivity index (χ1) is 7.53. The molecule has 0 radical (unpaired) electrons. The van der Waals surface area contributed by atoms with Crippen LogP contribution in [-0.2, 0) is 5.33 Å². The molecule has 0 unspecified atom stereocenters. The quantitative estimate of drug-likeness (QED) is 0.729. The Labute approximate surface area is 111 Å². The standard InChI is InChI=1S/C13H17BrClN/c1-13(2)6-7-16(9-13)12-5-3-4-11(15)10(12)8-14/h3-5H,6-9H2,1-2H3. The molecule has 1 aromatic rings. The number of alkyl halides is 1. The van der Waals surface area contributed by atoms with Gasteiger partial charge in [0.15, 0.2) is 0 Å². The van der Waals surface area contributed by atoms with Crippen molar-refractivity contribution < 1.29 is 0 Å². The average Bonchev–Trinajstić information content (AvgIpc) is 2.58. The van der Waals surface area contributed by atoms with Crippen LogP contribution in [0.4, 0.5) is 5.69 Å². The van der Waals surface area contributed by atoms with Crippen molar-refractivity contribution in [2.45, 2.75) is 25.6 Å². The Morgan fingerprint density at radius 1 is 1.44 bits per heavy atom. The number of halogens is 2. The minimum Gasteiger partial charge on any atom is -0.371 e. The lowest BCUT2D eigenvalue weighted by molar-refractivity contribution is 0.418. The van der Waals surface area contributed by atoms with Crippen LogP contribution in [0, 0.1) is 5.41 Å². The van der Waals surface area contributed by atoms with Crippen LogP contribution in [0.3, 0.4) is 0 Å². The number of hydrogen-bond acceptors (Lipinski definition) is 1. The molecule has 16 heavy (non-hydrogen) atoms. The van der Waals surface area contributed by atoms with E-state index in [1.165, 1.54) is 17.7 Å². The first kappa shape index (κ1) is 12.3. The highest BCUT2D eigenvalue weighted by Gasteiger charge is 2.30. The van der Waals surface area contributed by atoms with E-state index >= 15 is 0 Å². The summed E-state index contributed by atoms with van der Waals surface area (Å²) in [6.07, 6.45) is 1.25. The summed E-state index contributed by atoms with van der Waals surface area (Å²) < 4.78 is 0. The molecule has 88 valence electrons. The second-order valence-electron chi connectivity index (χ2n) is 5.21. The van der Waals surface area contributed by atoms with Gasteiger partial charge in [-0.2, -0.15) is 0 Å². The summed E-state index contributed by atoms with van der Waals surface area (Å²) in [7, 11) is 0. The van der Waals surface area contributed by atoms with Gasteiger partial charge in [-0.3, -0.25) is 0 Å². The second kappa shape index (κ2) is 4.58. The molecular formula is C13H17BrClN. The van der Waals surface area contributed by atoms with E-state index in [4.69, 9.17) is 11.6 Å². The number of benzene rings is 1. The molecule has 1 aliphatic heterocycles. The highest BCUT2D eigenvalue weighted by Crippen LogP contribution is 2.36. The van der Waals surface area contributed by atoms with Crippen LogP contribution in [0.5, 0.6) is 0 Å². The molecule has 1 aromatic carbocycles. The van der Waals surface area contributed by atoms with Crippen molar-refractivity contribution in [1.82, 2.24) is 0 Å². The maximum Gasteiger partial charge on any atom is 0.0467 e. The van der Waals surface area contributed by atoms with Crippen LogP contribution in [-0.4, -0.2) is 13.1 Å². The summed E-state index contributed by atoms with van der Waals surface area (Å²) in [5.74, 6) is 0. The Balaban J connectivity index is 2.31. The van der Waals surface area contributed by atoms with Crippen LogP contribution in [0.2, 0.25) is 5.02 Å². The highest BCUT2D eigenvalue weighted by molar-refractivity contribution is 9.08. The summed E-state index contributed by atoms with van der Waals surface area (Å²) in [6.45, 7) is 6.90. The van der Waals surface area contributed by atoms with Crippen LogP contribution >= 0.6 is 27.5 Å². The van der Waals surface area contributed by atoms with E-state index in [-0.39, 0.29) is 0 Å². The fourth-order valence-corrected chi connectivity index (χ4v) is 3.28. The molecule has 0 saturated carbocycles. The van der Waals surface area contributed by atoms with Gasteiger partial charge in [0.25, 0.3) is 0 Å². The Morgan fingerprint density at radius 2 is 2.19 bits per heavy atom. The molecule has 1 saturated heterocycles. The van der Waals surface area contributed by atoms with E-state index in [1.54, 1.807) is 0 Å². The molecule has 0 amide bonds. The third-order valence-electron chi connectivity index (χ3n) is 3.25. The predicted octanol–water partition coefficient (Wildman–Crippen LogP) is 4.47. The van der Waals surface area contributed by atoms with Crippen molar-refractivity contribution in [3.05, 3.63) is 28.8 Å². The number of nitrogens with zero attached hydrogens (tertiary/aromatic N) is 1. The smallest absolute Gasteiger partial charge is 0.0467 e. The predicted molar refractivity (Wildman–Crippen MR) is 74.7 cm³/mol. The van der Waals surface area contributed by atoms with Crippen LogP contribution in [0.25, 0.3) is 0 Å². The molecule has 1 aliphatic rings. The molecule has 1 nitrogen and oxygen atoms in total. The van der Waals surface area contributed by atoms with Crippen LogP contribution in [0.15, 0.2) is 18.2 Å². The Morgan fingerprint density at radius 3 is 2.75 bits per heavy atom. The Bertz CT molecular complexity index is 390. The molecule has 0 atom stereocenters. The van der Waals surface area contributed by atoms with Gasteiger partial charge in [0.05, 0.1) is 0 Å². The average molecular weight is 303 g/mol. The molecule has 1 fully saturated rings. The zero-order valence-electron chi connectivity index (χ0n) is 9.76. The topological polar surface area (TPSA) is 3.24 Å². The van der Waals surface area contributed by atoms with Gasteiger partial charge in [0.1, 0.15) is 0 Å². The lowest BCUT2D eigenvalue weighted by Gasteiger charge is -2.24. The van der Waals surface area contributed by atoms with Crippen molar-refractivity contribution >= 4 is 33.2 Å². The van der Waals surface area contributed by atoms with Crippen molar-refractivity contribution in [2.75, 3.05) is 18.0 Å². The minimum absolute atomic E-state index is 0.423. The molecule has 3 heteroatoms. The van der Waals surface area contributed by atoms with Crippen LogP contribution < -0.4 is 4.90 Å². The van der Waals surface area contributed by atoms with Gasteiger partial charge in [-0.05, 0) is 24.0 Å². The molecule has 2 rings (SSSR count). The maximum atomic E-state index is 6.22. The van der Waals surface area contributed by atoms with Crippen molar-refractivity contribution in [1.29, 1.82) is 0 Å². The van der Waals surface area contributed by atoms with E-state index < -0.39 is 0 Å². The minimum atomic E-state index is 0.423. The SMILES string of the molecule is CC1(C)CCN(c2cccc(Cl)c2CBr)C1. The van der Waals surface area contributed by atoms with E-state index in [0.717, 1.165) is 23.4 Å². The Kier molecular flexibility index (Phi) is 3.50. The lowest BCUT2D eigenvalue weighted by Crippen LogP contribution is -2.23. The summed E-state index contributed by atoms with van der Waals surface area (Å²) in [5, 5.41) is 1.68. The molecule has 1 heterocycles. The van der Waals surface area contributed by atoms with Gasteiger partial charge in [0, 0.05) is 34.7 Å². The first-order valence-electron chi connectivity index (χ1n) is 5.62. The summed E-state index contributed by atoms with van der Waals surface area (Å²) in [4.78, 5) is 2.45. The summed E-state index contributed by atoms with van der Waals surface area (Å²) in [6, 6.07) is 6.17. The highest BCUT2D eigenvalue weighted by atomic mass is 79.9. The fourth-order valence-electron chi connectivity index (χ4n) is 2.29. The normalized spacial score (nSPS) is 19.1. The first-order valence-corrected chi connectivity index (χ1v) is 7.12. The number of anilines is 1. The van der Waals surface area contributed by atoms with Gasteiger partial charge < -0.3 is 4.90 Å². The number of hydrogen-bond donors (Lipinski definition) is 0. The van der Waals surface area contributed by atoms with Gasteiger partial charge in [0.2, 0.25) is 0 Å².